The molecule has 1 rings (SSSR count). The molecule has 0 aliphatic rings. The average Bonchev–Trinajstić information content (AvgIpc) is 2.18. The maximum absolute atomic E-state index is 12.7. The van der Waals surface area contributed by atoms with E-state index in [1.165, 1.54) is 6.07 Å². The van der Waals surface area contributed by atoms with Crippen LogP contribution in [0.2, 0.25) is 0 Å². The van der Waals surface area contributed by atoms with E-state index in [1.807, 2.05) is 0 Å². The Morgan fingerprint density at radius 2 is 1.94 bits per heavy atom. The molecule has 0 N–H and O–H groups in total. The lowest BCUT2D eigenvalue weighted by molar-refractivity contribution is -0.138. The van der Waals surface area contributed by atoms with Crippen molar-refractivity contribution in [1.82, 2.24) is 4.98 Å². The molecule has 1 aromatic heterocycles. The Labute approximate surface area is 91.5 Å². The van der Waals surface area contributed by atoms with Crippen molar-refractivity contribution in [2.45, 2.75) is 19.0 Å². The Morgan fingerprint density at radius 1 is 1.35 bits per heavy atom. The van der Waals surface area contributed by atoms with Crippen LogP contribution in [0.5, 0.6) is 0 Å². The summed E-state index contributed by atoms with van der Waals surface area (Å²) in [7, 11) is 0. The molecule has 0 atom stereocenters. The van der Waals surface area contributed by atoms with Gasteiger partial charge in [-0.25, -0.2) is 13.8 Å². The van der Waals surface area contributed by atoms with Gasteiger partial charge in [0.25, 0.3) is 6.43 Å². The fourth-order valence-corrected chi connectivity index (χ4v) is 1.26. The van der Waals surface area contributed by atoms with Crippen LogP contribution in [-0.2, 0) is 12.6 Å². The molecule has 0 bridgehead atoms. The van der Waals surface area contributed by atoms with Crippen molar-refractivity contribution in [1.29, 1.82) is 5.26 Å². The molecule has 92 valence electrons. The minimum Gasteiger partial charge on any atom is -0.218 e. The summed E-state index contributed by atoms with van der Waals surface area (Å²) in [5.74, 6) is -1.66. The van der Waals surface area contributed by atoms with Gasteiger partial charge in [-0.1, -0.05) is 0 Å². The summed E-state index contributed by atoms with van der Waals surface area (Å²) in [6.07, 6.45) is -9.31. The number of hydrogen-bond donors (Lipinski definition) is 0. The number of nitrogens with zero attached hydrogens (tertiary/aromatic N) is 2. The van der Waals surface area contributed by atoms with Gasteiger partial charge in [0.05, 0.1) is 18.1 Å². The number of hydrogen-bond acceptors (Lipinski definition) is 2. The van der Waals surface area contributed by atoms with Crippen LogP contribution in [0.15, 0.2) is 6.07 Å². The Bertz CT molecular complexity index is 460. The first-order valence-electron chi connectivity index (χ1n) is 4.19. The predicted octanol–water partition coefficient (Wildman–Crippen LogP) is 3.24. The number of rotatable bonds is 2. The van der Waals surface area contributed by atoms with Gasteiger partial charge in [-0.2, -0.15) is 22.8 Å². The van der Waals surface area contributed by atoms with E-state index in [0.29, 0.717) is 0 Å². The summed E-state index contributed by atoms with van der Waals surface area (Å²) in [6.45, 7) is 0. The maximum atomic E-state index is 12.7. The van der Waals surface area contributed by atoms with E-state index in [9.17, 15) is 26.3 Å². The molecule has 0 aliphatic carbocycles. The topological polar surface area (TPSA) is 36.7 Å². The molecule has 1 heterocycles. The van der Waals surface area contributed by atoms with Crippen LogP contribution in [0.1, 0.15) is 23.2 Å². The fourth-order valence-electron chi connectivity index (χ4n) is 1.26. The second kappa shape index (κ2) is 4.61. The smallest absolute Gasteiger partial charge is 0.218 e. The molecule has 8 heteroatoms. The van der Waals surface area contributed by atoms with Crippen LogP contribution in [0, 0.1) is 17.3 Å². The first-order valence-corrected chi connectivity index (χ1v) is 4.19. The van der Waals surface area contributed by atoms with Gasteiger partial charge >= 0.3 is 6.18 Å². The summed E-state index contributed by atoms with van der Waals surface area (Å²) in [5.41, 5.74) is -3.93. The van der Waals surface area contributed by atoms with Crippen LogP contribution < -0.4 is 0 Å². The average molecular weight is 254 g/mol. The highest BCUT2D eigenvalue weighted by Crippen LogP contribution is 2.35. The summed E-state index contributed by atoms with van der Waals surface area (Å²) in [5, 5.41) is 8.30. The van der Waals surface area contributed by atoms with Crippen LogP contribution in [-0.4, -0.2) is 4.98 Å². The highest BCUT2D eigenvalue weighted by Gasteiger charge is 2.36. The van der Waals surface area contributed by atoms with Crippen LogP contribution >= 0.6 is 0 Å². The van der Waals surface area contributed by atoms with Crippen LogP contribution in [0.25, 0.3) is 0 Å². The van der Waals surface area contributed by atoms with E-state index in [2.05, 4.69) is 4.98 Å². The van der Waals surface area contributed by atoms with Crippen molar-refractivity contribution < 1.29 is 26.3 Å². The molecule has 0 aliphatic heterocycles. The number of aromatic nitrogens is 1. The second-order valence-corrected chi connectivity index (χ2v) is 2.99. The Morgan fingerprint density at radius 3 is 2.35 bits per heavy atom. The van der Waals surface area contributed by atoms with Crippen LogP contribution in [0.4, 0.5) is 26.3 Å². The molecule has 0 unspecified atom stereocenters. The van der Waals surface area contributed by atoms with E-state index < -0.39 is 41.8 Å². The minimum absolute atomic E-state index is 0.00144. The molecule has 0 saturated heterocycles. The lowest BCUT2D eigenvalue weighted by atomic mass is 10.0. The van der Waals surface area contributed by atoms with E-state index in [1.54, 1.807) is 0 Å². The third-order valence-electron chi connectivity index (χ3n) is 1.89. The van der Waals surface area contributed by atoms with Gasteiger partial charge in [0.1, 0.15) is 5.69 Å². The lowest BCUT2D eigenvalue weighted by Crippen LogP contribution is -2.14. The minimum atomic E-state index is -5.01. The summed E-state index contributed by atoms with van der Waals surface area (Å²) in [6, 6.07) is 1.31. The standard InChI is InChI=1S/C9H4F6N2/c10-6-3-5(9(13,14)15)4(1-2-16)7(17-6)8(11)12/h3,8H,1H2. The molecular formula is C9H4F6N2. The highest BCUT2D eigenvalue weighted by atomic mass is 19.4. The van der Waals surface area contributed by atoms with Gasteiger partial charge in [0.15, 0.2) is 0 Å². The third kappa shape index (κ3) is 2.87. The van der Waals surface area contributed by atoms with Gasteiger partial charge in [-0.05, 0) is 0 Å². The van der Waals surface area contributed by atoms with E-state index >= 15 is 0 Å². The monoisotopic (exact) mass is 254 g/mol. The number of nitriles is 1. The summed E-state index contributed by atoms with van der Waals surface area (Å²) < 4.78 is 74.8. The van der Waals surface area contributed by atoms with Gasteiger partial charge in [-0.15, -0.1) is 0 Å². The van der Waals surface area contributed by atoms with Crippen molar-refractivity contribution >= 4 is 0 Å². The van der Waals surface area contributed by atoms with Gasteiger partial charge in [0, 0.05) is 11.6 Å². The molecule has 0 spiro atoms. The molecule has 17 heavy (non-hydrogen) atoms. The molecule has 1 aromatic rings. The Kier molecular flexibility index (Phi) is 3.60. The first kappa shape index (κ1) is 13.3. The third-order valence-corrected chi connectivity index (χ3v) is 1.89. The number of pyridine rings is 1. The molecule has 0 radical (unpaired) electrons. The molecule has 0 amide bonds. The normalized spacial score (nSPS) is 11.6. The Balaban J connectivity index is 3.53. The fraction of sp³-hybridized carbons (Fsp3) is 0.333. The van der Waals surface area contributed by atoms with Gasteiger partial charge in [0.2, 0.25) is 5.95 Å². The summed E-state index contributed by atoms with van der Waals surface area (Å²) >= 11 is 0. The van der Waals surface area contributed by atoms with Crippen molar-refractivity contribution in [2.75, 3.05) is 0 Å². The molecular weight excluding hydrogens is 250 g/mol. The van der Waals surface area contributed by atoms with Gasteiger partial charge < -0.3 is 0 Å². The SMILES string of the molecule is N#CCc1c(C(F)(F)F)cc(F)nc1C(F)F. The second-order valence-electron chi connectivity index (χ2n) is 2.99. The number of halogens is 6. The van der Waals surface area contributed by atoms with E-state index in [-0.39, 0.29) is 6.07 Å². The maximum Gasteiger partial charge on any atom is 0.416 e. The quantitative estimate of drug-likeness (QED) is 0.600. The zero-order valence-corrected chi connectivity index (χ0v) is 8.02. The molecule has 0 aromatic carbocycles. The lowest BCUT2D eigenvalue weighted by Gasteiger charge is -2.14. The van der Waals surface area contributed by atoms with Gasteiger partial charge in [-0.3, -0.25) is 0 Å². The van der Waals surface area contributed by atoms with E-state index in [0.717, 1.165) is 0 Å². The Hall–Kier alpha value is -1.78. The zero-order valence-electron chi connectivity index (χ0n) is 8.02. The van der Waals surface area contributed by atoms with Crippen molar-refractivity contribution in [3.63, 3.8) is 0 Å². The molecule has 0 fully saturated rings. The highest BCUT2D eigenvalue weighted by molar-refractivity contribution is 5.35. The first-order chi connectivity index (χ1) is 7.77. The predicted molar refractivity (Wildman–Crippen MR) is 43.5 cm³/mol. The molecule has 2 nitrogen and oxygen atoms in total. The number of alkyl halides is 5. The van der Waals surface area contributed by atoms with Crippen molar-refractivity contribution in [3.8, 4) is 6.07 Å². The molecule has 0 saturated carbocycles. The zero-order chi connectivity index (χ0) is 13.2. The van der Waals surface area contributed by atoms with Crippen molar-refractivity contribution in [3.05, 3.63) is 28.8 Å². The summed E-state index contributed by atoms with van der Waals surface area (Å²) in [4.78, 5) is 2.70. The largest absolute Gasteiger partial charge is 0.416 e. The van der Waals surface area contributed by atoms with Crippen molar-refractivity contribution in [2.24, 2.45) is 0 Å². The van der Waals surface area contributed by atoms with E-state index in [4.69, 9.17) is 5.26 Å². The van der Waals surface area contributed by atoms with Crippen LogP contribution in [0.3, 0.4) is 0 Å².